The average Bonchev–Trinajstić information content (AvgIpc) is 3.47. The lowest BCUT2D eigenvalue weighted by Crippen LogP contribution is -2.45. The summed E-state index contributed by atoms with van der Waals surface area (Å²) in [5.74, 6) is -0.0553. The van der Waals surface area contributed by atoms with Crippen LogP contribution in [0.15, 0.2) is 36.5 Å². The van der Waals surface area contributed by atoms with Crippen molar-refractivity contribution in [1.29, 1.82) is 0 Å². The number of amides is 1. The predicted molar refractivity (Wildman–Crippen MR) is 356 cm³/mol. The van der Waals surface area contributed by atoms with Gasteiger partial charge < -0.3 is 20.3 Å². The predicted octanol–water partition coefficient (Wildman–Crippen LogP) is 23.9. The van der Waals surface area contributed by atoms with Crippen molar-refractivity contribution >= 4 is 11.9 Å². The summed E-state index contributed by atoms with van der Waals surface area (Å²) in [6.45, 7) is 4.87. The average molecular weight is 1140 g/mol. The highest BCUT2D eigenvalue weighted by molar-refractivity contribution is 5.76. The number of allylic oxidation sites excluding steroid dienone is 5. The number of aliphatic hydroxyl groups excluding tert-OH is 2. The first-order valence-electron chi connectivity index (χ1n) is 36.8. The van der Waals surface area contributed by atoms with Crippen LogP contribution in [-0.2, 0) is 14.3 Å². The number of hydrogen-bond acceptors (Lipinski definition) is 5. The van der Waals surface area contributed by atoms with Crippen LogP contribution < -0.4 is 5.32 Å². The molecule has 6 nitrogen and oxygen atoms in total. The molecule has 478 valence electrons. The lowest BCUT2D eigenvalue weighted by molar-refractivity contribution is -0.143. The second kappa shape index (κ2) is 70.6. The quantitative estimate of drug-likeness (QED) is 0.0320. The second-order valence-electron chi connectivity index (χ2n) is 25.3. The molecule has 6 heteroatoms. The first-order valence-corrected chi connectivity index (χ1v) is 36.8. The van der Waals surface area contributed by atoms with Crippen LogP contribution >= 0.6 is 0 Å². The molecule has 0 aromatic carbocycles. The maximum atomic E-state index is 12.5. The van der Waals surface area contributed by atoms with Crippen LogP contribution in [0.3, 0.4) is 0 Å². The van der Waals surface area contributed by atoms with Crippen molar-refractivity contribution in [2.24, 2.45) is 0 Å². The zero-order valence-electron chi connectivity index (χ0n) is 54.8. The number of unbranched alkanes of at least 4 members (excludes halogenated alkanes) is 54. The third-order valence-electron chi connectivity index (χ3n) is 17.1. The maximum Gasteiger partial charge on any atom is 0.305 e. The molecule has 0 fully saturated rings. The third kappa shape index (κ3) is 67.1. The molecule has 0 saturated carbocycles. The Morgan fingerprint density at radius 2 is 0.642 bits per heavy atom. The molecule has 81 heavy (non-hydrogen) atoms. The molecule has 0 aliphatic rings. The fourth-order valence-electron chi connectivity index (χ4n) is 11.6. The van der Waals surface area contributed by atoms with E-state index in [0.717, 1.165) is 51.4 Å². The van der Waals surface area contributed by atoms with Gasteiger partial charge >= 0.3 is 5.97 Å². The van der Waals surface area contributed by atoms with Gasteiger partial charge in [0.15, 0.2) is 0 Å². The molecule has 2 unspecified atom stereocenters. The first-order chi connectivity index (χ1) is 40.0. The smallest absolute Gasteiger partial charge is 0.305 e. The Morgan fingerprint density at radius 1 is 0.346 bits per heavy atom. The Hall–Kier alpha value is -1.92. The second-order valence-corrected chi connectivity index (χ2v) is 25.3. The molecule has 0 bridgehead atoms. The molecular weight excluding hydrogens is 995 g/mol. The van der Waals surface area contributed by atoms with Gasteiger partial charge in [0, 0.05) is 12.8 Å². The summed E-state index contributed by atoms with van der Waals surface area (Å²) < 4.78 is 5.48. The summed E-state index contributed by atoms with van der Waals surface area (Å²) >= 11 is 0. The van der Waals surface area contributed by atoms with Gasteiger partial charge in [-0.2, -0.15) is 0 Å². The van der Waals surface area contributed by atoms with Crippen molar-refractivity contribution < 1.29 is 24.5 Å². The van der Waals surface area contributed by atoms with Gasteiger partial charge in [-0.1, -0.05) is 371 Å². The van der Waals surface area contributed by atoms with Gasteiger partial charge in [-0.15, -0.1) is 0 Å². The van der Waals surface area contributed by atoms with E-state index in [1.165, 1.54) is 327 Å². The van der Waals surface area contributed by atoms with Gasteiger partial charge in [-0.05, 0) is 57.8 Å². The van der Waals surface area contributed by atoms with E-state index in [0.29, 0.717) is 19.4 Å². The molecule has 0 saturated heterocycles. The molecule has 0 rings (SSSR count). The van der Waals surface area contributed by atoms with Crippen molar-refractivity contribution in [3.05, 3.63) is 36.5 Å². The third-order valence-corrected chi connectivity index (χ3v) is 17.1. The summed E-state index contributed by atoms with van der Waals surface area (Å²) in [5.41, 5.74) is 0. The number of carbonyl (C=O) groups is 2. The van der Waals surface area contributed by atoms with E-state index >= 15 is 0 Å². The molecule has 3 N–H and O–H groups in total. The zero-order valence-corrected chi connectivity index (χ0v) is 54.8. The molecule has 0 spiro atoms. The van der Waals surface area contributed by atoms with E-state index in [-0.39, 0.29) is 18.5 Å². The van der Waals surface area contributed by atoms with E-state index in [2.05, 4.69) is 43.5 Å². The minimum Gasteiger partial charge on any atom is -0.466 e. The van der Waals surface area contributed by atoms with Crippen molar-refractivity contribution in [3.8, 4) is 0 Å². The minimum absolute atomic E-state index is 0.00480. The van der Waals surface area contributed by atoms with Crippen LogP contribution in [0.25, 0.3) is 0 Å². The summed E-state index contributed by atoms with van der Waals surface area (Å²) in [5, 5.41) is 23.3. The number of ether oxygens (including phenoxy) is 1. The molecule has 0 heterocycles. The van der Waals surface area contributed by atoms with Crippen LogP contribution in [-0.4, -0.2) is 47.4 Å². The summed E-state index contributed by atoms with van der Waals surface area (Å²) in [6.07, 6.45) is 91.0. The van der Waals surface area contributed by atoms with E-state index in [1.807, 2.05) is 6.08 Å². The Morgan fingerprint density at radius 3 is 0.988 bits per heavy atom. The van der Waals surface area contributed by atoms with E-state index in [4.69, 9.17) is 4.74 Å². The fraction of sp³-hybridized carbons (Fsp3) is 0.893. The molecule has 0 aliphatic carbocycles. The Labute approximate surface area is 506 Å². The summed E-state index contributed by atoms with van der Waals surface area (Å²) in [6, 6.07) is -0.626. The monoisotopic (exact) mass is 1140 g/mol. The fourth-order valence-corrected chi connectivity index (χ4v) is 11.6. The van der Waals surface area contributed by atoms with E-state index < -0.39 is 12.1 Å². The summed E-state index contributed by atoms with van der Waals surface area (Å²) in [4.78, 5) is 24.6. The standard InChI is InChI=1S/C75H143NO5/c1-3-5-7-9-11-13-15-17-18-19-20-31-34-37-40-44-47-51-55-59-63-67-73(78)72(71-77)76-74(79)68-64-60-56-52-48-45-41-38-35-32-29-27-25-23-21-22-24-26-28-30-33-36-39-42-46-50-54-58-62-66-70-81-75(80)69-65-61-57-53-49-43-16-14-12-10-8-6-4-2/h8,10,14,16,63,67,72-73,77-78H,3-7,9,11-13,15,17-62,64-66,68-71H2,1-2H3,(H,76,79)/b10-8-,16-14-,67-63+. The van der Waals surface area contributed by atoms with Gasteiger partial charge in [0.25, 0.3) is 0 Å². The van der Waals surface area contributed by atoms with Crippen LogP contribution in [0.1, 0.15) is 406 Å². The lowest BCUT2D eigenvalue weighted by atomic mass is 10.0. The SMILES string of the molecule is CCC/C=C\C/C=C\CCCCCCCC(=O)OCCCCCCCCCCCCCCCCCCCCCCCCCCCCCCCCC(=O)NC(CO)C(O)/C=C/CCCCCCCCCCCCCCCCCCCCC. The van der Waals surface area contributed by atoms with Gasteiger partial charge in [-0.3, -0.25) is 9.59 Å². The van der Waals surface area contributed by atoms with Crippen molar-refractivity contribution in [3.63, 3.8) is 0 Å². The van der Waals surface area contributed by atoms with E-state index in [1.54, 1.807) is 6.08 Å². The van der Waals surface area contributed by atoms with Crippen LogP contribution in [0.2, 0.25) is 0 Å². The van der Waals surface area contributed by atoms with Crippen molar-refractivity contribution in [2.45, 2.75) is 418 Å². The number of hydrogen-bond donors (Lipinski definition) is 3. The highest BCUT2D eigenvalue weighted by Crippen LogP contribution is 2.19. The molecule has 0 aromatic rings. The lowest BCUT2D eigenvalue weighted by Gasteiger charge is -2.20. The number of carbonyl (C=O) groups excluding carboxylic acids is 2. The maximum absolute atomic E-state index is 12.5. The van der Waals surface area contributed by atoms with Gasteiger partial charge in [0.05, 0.1) is 25.4 Å². The van der Waals surface area contributed by atoms with E-state index in [9.17, 15) is 19.8 Å². The van der Waals surface area contributed by atoms with Gasteiger partial charge in [0.1, 0.15) is 0 Å². The minimum atomic E-state index is -0.843. The molecule has 0 radical (unpaired) electrons. The molecular formula is C75H143NO5. The first kappa shape index (κ1) is 79.1. The number of esters is 1. The van der Waals surface area contributed by atoms with Crippen molar-refractivity contribution in [1.82, 2.24) is 5.32 Å². The molecule has 0 aromatic heterocycles. The molecule has 0 aliphatic heterocycles. The number of aliphatic hydroxyl groups is 2. The number of rotatable bonds is 69. The Kier molecular flexibility index (Phi) is 68.9. The highest BCUT2D eigenvalue weighted by Gasteiger charge is 2.18. The number of nitrogens with one attached hydrogen (secondary N) is 1. The Balaban J connectivity index is 3.36. The van der Waals surface area contributed by atoms with Gasteiger partial charge in [0.2, 0.25) is 5.91 Å². The summed E-state index contributed by atoms with van der Waals surface area (Å²) in [7, 11) is 0. The van der Waals surface area contributed by atoms with Crippen LogP contribution in [0.4, 0.5) is 0 Å². The largest absolute Gasteiger partial charge is 0.466 e. The normalized spacial score (nSPS) is 12.7. The van der Waals surface area contributed by atoms with Crippen LogP contribution in [0.5, 0.6) is 0 Å². The van der Waals surface area contributed by atoms with Gasteiger partial charge in [-0.25, -0.2) is 0 Å². The topological polar surface area (TPSA) is 95.9 Å². The zero-order chi connectivity index (χ0) is 58.5. The van der Waals surface area contributed by atoms with Crippen LogP contribution in [0, 0.1) is 0 Å². The molecule has 2 atom stereocenters. The Bertz CT molecular complexity index is 1310. The molecule has 1 amide bonds. The highest BCUT2D eigenvalue weighted by atomic mass is 16.5. The van der Waals surface area contributed by atoms with Crippen molar-refractivity contribution in [2.75, 3.05) is 13.2 Å².